The Labute approximate surface area is 74.2 Å². The zero-order valence-corrected chi connectivity index (χ0v) is 8.18. The Balaban J connectivity index is 3.62. The van der Waals surface area contributed by atoms with Gasteiger partial charge in [-0.05, 0) is 13.8 Å². The number of carbonyl (C=O) groups is 2. The van der Waals surface area contributed by atoms with Crippen molar-refractivity contribution in [1.82, 2.24) is 0 Å². The van der Waals surface area contributed by atoms with E-state index >= 15 is 0 Å². The van der Waals surface area contributed by atoms with Gasteiger partial charge in [-0.1, -0.05) is 15.9 Å². The van der Waals surface area contributed by atoms with Gasteiger partial charge in [0, 0.05) is 6.42 Å². The van der Waals surface area contributed by atoms with Crippen molar-refractivity contribution < 1.29 is 14.3 Å². The molecule has 4 heteroatoms. The summed E-state index contributed by atoms with van der Waals surface area (Å²) in [5.74, 6) is -0.348. The number of carbonyl (C=O) groups excluding carboxylic acids is 2. The van der Waals surface area contributed by atoms with Crippen molar-refractivity contribution in [2.24, 2.45) is 0 Å². The van der Waals surface area contributed by atoms with Crippen LogP contribution in [0.5, 0.6) is 0 Å². The van der Waals surface area contributed by atoms with Gasteiger partial charge in [-0.25, -0.2) is 0 Å². The molecule has 0 heterocycles. The number of hydrogen-bond donors (Lipinski definition) is 0. The number of ether oxygens (including phenoxy) is 1. The Morgan fingerprint density at radius 2 is 2.18 bits per heavy atom. The third-order valence-corrected chi connectivity index (χ3v) is 1.28. The lowest BCUT2D eigenvalue weighted by Gasteiger charge is -2.13. The molecule has 0 aliphatic rings. The quantitative estimate of drug-likeness (QED) is 0.312. The fourth-order valence-corrected chi connectivity index (χ4v) is 0.486. The van der Waals surface area contributed by atoms with Gasteiger partial charge in [-0.3, -0.25) is 4.79 Å². The van der Waals surface area contributed by atoms with Crippen molar-refractivity contribution in [3.63, 3.8) is 0 Å². The first-order valence-corrected chi connectivity index (χ1v) is 4.07. The van der Waals surface area contributed by atoms with E-state index in [1.807, 2.05) is 0 Å². The third-order valence-electron chi connectivity index (χ3n) is 0.954. The monoisotopic (exact) mass is 222 g/mol. The van der Waals surface area contributed by atoms with Gasteiger partial charge in [0.25, 0.3) is 0 Å². The van der Waals surface area contributed by atoms with Gasteiger partial charge in [-0.15, -0.1) is 0 Å². The number of rotatable bonds is 4. The maximum atomic E-state index is 11.0. The van der Waals surface area contributed by atoms with E-state index in [0.717, 1.165) is 0 Å². The summed E-state index contributed by atoms with van der Waals surface area (Å²) in [7, 11) is 0. The Morgan fingerprint density at radius 1 is 1.64 bits per heavy atom. The zero-order valence-electron chi connectivity index (χ0n) is 6.59. The molecule has 0 bridgehead atoms. The number of aldehydes is 1. The van der Waals surface area contributed by atoms with E-state index in [1.54, 1.807) is 13.8 Å². The van der Waals surface area contributed by atoms with Crippen LogP contribution in [0, 0.1) is 0 Å². The highest BCUT2D eigenvalue weighted by molar-refractivity contribution is 9.10. The first-order chi connectivity index (χ1) is 4.98. The molecule has 0 saturated heterocycles. The fraction of sp³-hybridized carbons (Fsp3) is 0.714. The van der Waals surface area contributed by atoms with Crippen LogP contribution in [0.3, 0.4) is 0 Å². The summed E-state index contributed by atoms with van der Waals surface area (Å²) in [5, 5.41) is 0. The summed E-state index contributed by atoms with van der Waals surface area (Å²) >= 11 is 3.13. The van der Waals surface area contributed by atoms with Crippen molar-refractivity contribution in [3.05, 3.63) is 0 Å². The minimum Gasteiger partial charge on any atom is -0.464 e. The van der Waals surface area contributed by atoms with Crippen LogP contribution in [-0.4, -0.2) is 23.2 Å². The van der Waals surface area contributed by atoms with E-state index in [2.05, 4.69) is 15.9 Å². The van der Waals surface area contributed by atoms with E-state index in [-0.39, 0.29) is 19.0 Å². The largest absolute Gasteiger partial charge is 0.464 e. The van der Waals surface area contributed by atoms with E-state index in [4.69, 9.17) is 4.74 Å². The minimum absolute atomic E-state index is 0.164. The molecule has 0 aromatic heterocycles. The predicted octanol–water partition coefficient (Wildman–Crippen LogP) is 1.29. The fourth-order valence-electron chi connectivity index (χ4n) is 0.371. The topological polar surface area (TPSA) is 43.4 Å². The van der Waals surface area contributed by atoms with E-state index < -0.39 is 4.32 Å². The van der Waals surface area contributed by atoms with Crippen LogP contribution >= 0.6 is 15.9 Å². The summed E-state index contributed by atoms with van der Waals surface area (Å²) in [5.41, 5.74) is 0. The lowest BCUT2D eigenvalue weighted by atomic mass is 10.2. The van der Waals surface area contributed by atoms with Gasteiger partial charge < -0.3 is 9.53 Å². The molecule has 0 amide bonds. The normalized spacial score (nSPS) is 10.8. The molecule has 0 saturated carbocycles. The summed E-state index contributed by atoms with van der Waals surface area (Å²) in [6.07, 6.45) is 0.976. The second kappa shape index (κ2) is 4.49. The molecule has 0 aliphatic carbocycles. The average Bonchev–Trinajstić information content (AvgIpc) is 1.86. The summed E-state index contributed by atoms with van der Waals surface area (Å²) < 4.78 is 4.07. The summed E-state index contributed by atoms with van der Waals surface area (Å²) in [4.78, 5) is 20.8. The van der Waals surface area contributed by atoms with Crippen molar-refractivity contribution in [1.29, 1.82) is 0 Å². The molecule has 0 aromatic carbocycles. The van der Waals surface area contributed by atoms with Crippen molar-refractivity contribution in [2.75, 3.05) is 6.61 Å². The van der Waals surface area contributed by atoms with Crippen molar-refractivity contribution in [3.8, 4) is 0 Å². The molecule has 0 aromatic rings. The maximum absolute atomic E-state index is 11.0. The van der Waals surface area contributed by atoms with Crippen LogP contribution in [0.2, 0.25) is 0 Å². The third kappa shape index (κ3) is 4.95. The van der Waals surface area contributed by atoms with E-state index in [1.165, 1.54) is 0 Å². The maximum Gasteiger partial charge on any atom is 0.322 e. The number of halogens is 1. The van der Waals surface area contributed by atoms with Gasteiger partial charge in [0.05, 0.1) is 6.61 Å². The van der Waals surface area contributed by atoms with Crippen LogP contribution in [0.25, 0.3) is 0 Å². The van der Waals surface area contributed by atoms with Crippen LogP contribution in [0.1, 0.15) is 20.3 Å². The van der Waals surface area contributed by atoms with Gasteiger partial charge in [-0.2, -0.15) is 0 Å². The van der Waals surface area contributed by atoms with Crippen molar-refractivity contribution in [2.45, 2.75) is 24.6 Å². The molecule has 0 atom stereocenters. The lowest BCUT2D eigenvalue weighted by molar-refractivity contribution is -0.145. The van der Waals surface area contributed by atoms with Crippen LogP contribution in [0.4, 0.5) is 0 Å². The van der Waals surface area contributed by atoms with Crippen LogP contribution < -0.4 is 0 Å². The second-order valence-corrected chi connectivity index (χ2v) is 4.55. The van der Waals surface area contributed by atoms with E-state index in [9.17, 15) is 9.59 Å². The minimum atomic E-state index is -0.657. The highest BCUT2D eigenvalue weighted by Gasteiger charge is 2.24. The number of esters is 1. The average molecular weight is 223 g/mol. The van der Waals surface area contributed by atoms with Gasteiger partial charge in [0.1, 0.15) is 10.6 Å². The number of hydrogen-bond acceptors (Lipinski definition) is 3. The highest BCUT2D eigenvalue weighted by atomic mass is 79.9. The standard InChI is InChI=1S/C7H11BrO3/c1-7(2,8)6(10)11-5-3-4-9/h4H,3,5H2,1-2H3. The Kier molecular flexibility index (Phi) is 4.33. The highest BCUT2D eigenvalue weighted by Crippen LogP contribution is 2.17. The van der Waals surface area contributed by atoms with Crippen molar-refractivity contribution >= 4 is 28.2 Å². The Hall–Kier alpha value is -0.380. The Morgan fingerprint density at radius 3 is 2.55 bits per heavy atom. The van der Waals surface area contributed by atoms with Crippen LogP contribution in [0.15, 0.2) is 0 Å². The molecule has 0 fully saturated rings. The SMILES string of the molecule is CC(C)(Br)C(=O)OCCC=O. The lowest BCUT2D eigenvalue weighted by Crippen LogP contribution is -2.26. The smallest absolute Gasteiger partial charge is 0.322 e. The van der Waals surface area contributed by atoms with E-state index in [0.29, 0.717) is 6.29 Å². The first-order valence-electron chi connectivity index (χ1n) is 3.28. The molecule has 11 heavy (non-hydrogen) atoms. The van der Waals surface area contributed by atoms with Gasteiger partial charge in [0.15, 0.2) is 0 Å². The van der Waals surface area contributed by atoms with Gasteiger partial charge in [0.2, 0.25) is 0 Å². The second-order valence-electron chi connectivity index (χ2n) is 2.56. The number of alkyl halides is 1. The molecule has 64 valence electrons. The zero-order chi connectivity index (χ0) is 8.91. The summed E-state index contributed by atoms with van der Waals surface area (Å²) in [6, 6.07) is 0. The molecule has 0 radical (unpaired) electrons. The molecular weight excluding hydrogens is 212 g/mol. The summed E-state index contributed by atoms with van der Waals surface area (Å²) in [6.45, 7) is 3.55. The molecule has 0 N–H and O–H groups in total. The first kappa shape index (κ1) is 10.6. The molecule has 0 spiro atoms. The molecular formula is C7H11BrO3. The predicted molar refractivity (Wildman–Crippen MR) is 44.6 cm³/mol. The molecule has 3 nitrogen and oxygen atoms in total. The van der Waals surface area contributed by atoms with Crippen LogP contribution in [-0.2, 0) is 14.3 Å². The molecule has 0 aliphatic heterocycles. The van der Waals surface area contributed by atoms with Gasteiger partial charge >= 0.3 is 5.97 Å². The molecule has 0 unspecified atom stereocenters. The molecule has 0 rings (SSSR count). The Bertz CT molecular complexity index is 148.